The fourth-order valence-electron chi connectivity index (χ4n) is 2.23. The second-order valence-electron chi connectivity index (χ2n) is 4.95. The summed E-state index contributed by atoms with van der Waals surface area (Å²) in [5, 5.41) is 1.68. The molecule has 1 N–H and O–H groups in total. The van der Waals surface area contributed by atoms with E-state index in [2.05, 4.69) is 10.4 Å². The lowest BCUT2D eigenvalue weighted by atomic mass is 9.95. The van der Waals surface area contributed by atoms with Crippen LogP contribution in [0.3, 0.4) is 0 Å². The zero-order chi connectivity index (χ0) is 12.8. The van der Waals surface area contributed by atoms with E-state index >= 15 is 0 Å². The van der Waals surface area contributed by atoms with Crippen molar-refractivity contribution in [1.29, 1.82) is 0 Å². The van der Waals surface area contributed by atoms with Crippen molar-refractivity contribution in [3.63, 3.8) is 0 Å². The molecule has 1 aliphatic rings. The summed E-state index contributed by atoms with van der Waals surface area (Å²) in [5.41, 5.74) is 5.01. The average Bonchev–Trinajstić information content (AvgIpc) is 3.00. The lowest BCUT2D eigenvalue weighted by Gasteiger charge is -2.19. The Morgan fingerprint density at radius 1 is 1.44 bits per heavy atom. The maximum absolute atomic E-state index is 12.2. The van der Waals surface area contributed by atoms with Crippen LogP contribution in [-0.4, -0.2) is 30.0 Å². The summed E-state index contributed by atoms with van der Waals surface area (Å²) in [5.74, 6) is 0.0476. The van der Waals surface area contributed by atoms with Crippen molar-refractivity contribution in [2.75, 3.05) is 14.1 Å². The lowest BCUT2D eigenvalue weighted by Crippen LogP contribution is -2.42. The van der Waals surface area contributed by atoms with E-state index in [9.17, 15) is 4.79 Å². The zero-order valence-electron chi connectivity index (χ0n) is 10.4. The van der Waals surface area contributed by atoms with Crippen molar-refractivity contribution in [1.82, 2.24) is 15.4 Å². The number of aromatic nitrogens is 1. The van der Waals surface area contributed by atoms with E-state index in [4.69, 9.17) is 4.42 Å². The topological polar surface area (TPSA) is 58.4 Å². The summed E-state index contributed by atoms with van der Waals surface area (Å²) < 4.78 is 5.29. The Kier molecular flexibility index (Phi) is 2.38. The predicted molar refractivity (Wildman–Crippen MR) is 66.8 cm³/mol. The van der Waals surface area contributed by atoms with E-state index < -0.39 is 0 Å². The van der Waals surface area contributed by atoms with Gasteiger partial charge in [-0.3, -0.25) is 10.2 Å². The zero-order valence-corrected chi connectivity index (χ0v) is 10.4. The van der Waals surface area contributed by atoms with Crippen LogP contribution in [0.4, 0.5) is 0 Å². The van der Waals surface area contributed by atoms with Gasteiger partial charge in [-0.15, -0.1) is 0 Å². The lowest BCUT2D eigenvalue weighted by molar-refractivity contribution is -0.127. The van der Waals surface area contributed by atoms with Gasteiger partial charge in [0, 0.05) is 14.1 Å². The van der Waals surface area contributed by atoms with Gasteiger partial charge in [-0.05, 0) is 30.5 Å². The Bertz CT molecular complexity index is 599. The van der Waals surface area contributed by atoms with Gasteiger partial charge in [0.05, 0.1) is 5.41 Å². The third-order valence-corrected chi connectivity index (χ3v) is 3.39. The number of amides is 1. The number of benzene rings is 1. The van der Waals surface area contributed by atoms with Crippen LogP contribution in [-0.2, 0) is 10.2 Å². The number of nitrogens with one attached hydrogen (secondary N) is 1. The smallest absolute Gasteiger partial charge is 0.244 e. The summed E-state index contributed by atoms with van der Waals surface area (Å²) >= 11 is 0. The van der Waals surface area contributed by atoms with Crippen molar-refractivity contribution in [2.45, 2.75) is 18.3 Å². The minimum atomic E-state index is -0.384. The van der Waals surface area contributed by atoms with Gasteiger partial charge in [-0.2, -0.15) is 0 Å². The highest BCUT2D eigenvalue weighted by molar-refractivity contribution is 5.92. The Hall–Kier alpha value is -1.88. The van der Waals surface area contributed by atoms with Gasteiger partial charge in [0.1, 0.15) is 5.52 Å². The summed E-state index contributed by atoms with van der Waals surface area (Å²) in [7, 11) is 3.63. The minimum absolute atomic E-state index is 0.0476. The van der Waals surface area contributed by atoms with Gasteiger partial charge >= 0.3 is 0 Å². The standard InChI is InChI=1S/C13H15N3O2/c1-16(2)15-12(17)13(5-6-13)9-3-4-10-11(7-9)18-8-14-10/h3-4,7-8H,5-6H2,1-2H3,(H,15,17). The molecule has 0 radical (unpaired) electrons. The second-order valence-corrected chi connectivity index (χ2v) is 4.95. The minimum Gasteiger partial charge on any atom is -0.443 e. The Morgan fingerprint density at radius 3 is 2.89 bits per heavy atom. The van der Waals surface area contributed by atoms with E-state index in [-0.39, 0.29) is 11.3 Å². The van der Waals surface area contributed by atoms with Crippen LogP contribution in [0.15, 0.2) is 29.0 Å². The predicted octanol–water partition coefficient (Wildman–Crippen LogP) is 1.45. The SMILES string of the molecule is CN(C)NC(=O)C1(c2ccc3ncoc3c2)CC1. The number of hydrogen-bond donors (Lipinski definition) is 1. The molecule has 1 aromatic heterocycles. The number of fused-ring (bicyclic) bond motifs is 1. The molecule has 1 aliphatic carbocycles. The molecule has 0 bridgehead atoms. The van der Waals surface area contributed by atoms with E-state index in [0.717, 1.165) is 29.5 Å². The summed E-state index contributed by atoms with van der Waals surface area (Å²) in [6, 6.07) is 5.79. The number of hydrazine groups is 1. The molecule has 0 spiro atoms. The average molecular weight is 245 g/mol. The molecule has 5 heteroatoms. The Balaban J connectivity index is 1.95. The molecule has 1 heterocycles. The molecule has 94 valence electrons. The summed E-state index contributed by atoms with van der Waals surface area (Å²) in [6.45, 7) is 0. The van der Waals surface area contributed by atoms with Crippen LogP contribution in [0, 0.1) is 0 Å². The molecule has 18 heavy (non-hydrogen) atoms. The fraction of sp³-hybridized carbons (Fsp3) is 0.385. The third-order valence-electron chi connectivity index (χ3n) is 3.39. The van der Waals surface area contributed by atoms with Crippen molar-refractivity contribution in [2.24, 2.45) is 0 Å². The number of oxazole rings is 1. The molecular weight excluding hydrogens is 230 g/mol. The summed E-state index contributed by atoms with van der Waals surface area (Å²) in [4.78, 5) is 16.3. The number of hydrogen-bond acceptors (Lipinski definition) is 4. The van der Waals surface area contributed by atoms with Crippen LogP contribution >= 0.6 is 0 Å². The maximum atomic E-state index is 12.2. The normalized spacial score (nSPS) is 17.1. The Labute approximate surface area is 105 Å². The van der Waals surface area contributed by atoms with Crippen molar-refractivity contribution >= 4 is 17.0 Å². The number of carbonyl (C=O) groups is 1. The van der Waals surface area contributed by atoms with Gasteiger partial charge in [0.25, 0.3) is 0 Å². The van der Waals surface area contributed by atoms with Crippen molar-refractivity contribution < 1.29 is 9.21 Å². The molecule has 1 fully saturated rings. The molecule has 0 saturated heterocycles. The largest absolute Gasteiger partial charge is 0.443 e. The van der Waals surface area contributed by atoms with Gasteiger partial charge in [0.15, 0.2) is 12.0 Å². The van der Waals surface area contributed by atoms with E-state index in [1.54, 1.807) is 5.01 Å². The molecule has 1 saturated carbocycles. The highest BCUT2D eigenvalue weighted by atomic mass is 16.3. The molecule has 3 rings (SSSR count). The van der Waals surface area contributed by atoms with Crippen molar-refractivity contribution in [3.8, 4) is 0 Å². The number of carbonyl (C=O) groups excluding carboxylic acids is 1. The monoisotopic (exact) mass is 245 g/mol. The Morgan fingerprint density at radius 2 is 2.22 bits per heavy atom. The molecule has 2 aromatic rings. The molecule has 0 unspecified atom stereocenters. The highest BCUT2D eigenvalue weighted by Gasteiger charge is 2.51. The highest BCUT2D eigenvalue weighted by Crippen LogP contribution is 2.48. The third kappa shape index (κ3) is 1.67. The molecule has 1 amide bonds. The quantitative estimate of drug-likeness (QED) is 0.831. The van der Waals surface area contributed by atoms with Crippen molar-refractivity contribution in [3.05, 3.63) is 30.2 Å². The van der Waals surface area contributed by atoms with Crippen LogP contribution in [0.2, 0.25) is 0 Å². The molecule has 0 aliphatic heterocycles. The first-order valence-electron chi connectivity index (χ1n) is 5.94. The number of rotatable bonds is 3. The second kappa shape index (κ2) is 3.81. The maximum Gasteiger partial charge on any atom is 0.244 e. The first kappa shape index (κ1) is 11.2. The van der Waals surface area contributed by atoms with Gasteiger partial charge in [-0.25, -0.2) is 9.99 Å². The van der Waals surface area contributed by atoms with Gasteiger partial charge in [-0.1, -0.05) is 6.07 Å². The van der Waals surface area contributed by atoms with Crippen LogP contribution < -0.4 is 5.43 Å². The van der Waals surface area contributed by atoms with Gasteiger partial charge in [0.2, 0.25) is 5.91 Å². The summed E-state index contributed by atoms with van der Waals surface area (Å²) in [6.07, 6.45) is 3.19. The first-order chi connectivity index (χ1) is 8.62. The van der Waals surface area contributed by atoms with E-state index in [0.29, 0.717) is 0 Å². The van der Waals surface area contributed by atoms with E-state index in [1.165, 1.54) is 6.39 Å². The molecule has 1 aromatic carbocycles. The van der Waals surface area contributed by atoms with Crippen LogP contribution in [0.5, 0.6) is 0 Å². The fourth-order valence-corrected chi connectivity index (χ4v) is 2.23. The first-order valence-corrected chi connectivity index (χ1v) is 5.94. The van der Waals surface area contributed by atoms with E-state index in [1.807, 2.05) is 32.3 Å². The molecule has 5 nitrogen and oxygen atoms in total. The van der Waals surface area contributed by atoms with Crippen LogP contribution in [0.1, 0.15) is 18.4 Å². The number of nitrogens with zero attached hydrogens (tertiary/aromatic N) is 2. The van der Waals surface area contributed by atoms with Crippen LogP contribution in [0.25, 0.3) is 11.1 Å². The molecular formula is C13H15N3O2. The molecule has 0 atom stereocenters. The van der Waals surface area contributed by atoms with Gasteiger partial charge < -0.3 is 4.42 Å².